The molecule has 0 saturated heterocycles. The first-order chi connectivity index (χ1) is 2.56. The van der Waals surface area contributed by atoms with E-state index in [1.807, 2.05) is 0 Å². The normalized spacial score (nSPS) is 10.0. The third-order valence-corrected chi connectivity index (χ3v) is 0.716. The predicted molar refractivity (Wildman–Crippen MR) is 19.6 cm³/mol. The van der Waals surface area contributed by atoms with E-state index in [1.54, 1.807) is 0 Å². The summed E-state index contributed by atoms with van der Waals surface area (Å²) in [6.45, 7) is 0. The van der Waals surface area contributed by atoms with Gasteiger partial charge >= 0.3 is 29.3 Å². The molecule has 0 rings (SSSR count). The Kier molecular flexibility index (Phi) is 5.68. The van der Waals surface area contributed by atoms with E-state index in [9.17, 15) is 8.42 Å². The molecule has 7 heavy (non-hydrogen) atoms. The van der Waals surface area contributed by atoms with Crippen molar-refractivity contribution in [3.63, 3.8) is 0 Å². The fourth-order valence-corrected chi connectivity index (χ4v) is 0. The van der Waals surface area contributed by atoms with Crippen LogP contribution >= 0.6 is 11.9 Å². The minimum atomic E-state index is -4.40. The van der Waals surface area contributed by atoms with Gasteiger partial charge in [-0.1, -0.05) is 0 Å². The molecular formula is H2ClLiO4S. The summed E-state index contributed by atoms with van der Waals surface area (Å²) >= 11 is 4.14. The Morgan fingerprint density at radius 2 is 1.86 bits per heavy atom. The molecule has 0 bridgehead atoms. The minimum absolute atomic E-state index is 0. The van der Waals surface area contributed by atoms with Gasteiger partial charge in [-0.2, -0.15) is 8.42 Å². The van der Waals surface area contributed by atoms with Gasteiger partial charge in [0.2, 0.25) is 0 Å². The summed E-state index contributed by atoms with van der Waals surface area (Å²) in [6, 6.07) is 0. The molecule has 0 spiro atoms. The summed E-state index contributed by atoms with van der Waals surface area (Å²) in [4.78, 5) is 0. The van der Waals surface area contributed by atoms with Gasteiger partial charge in [0.25, 0.3) is 0 Å². The zero-order valence-corrected chi connectivity index (χ0v) is 5.03. The van der Waals surface area contributed by atoms with Crippen LogP contribution in [0, 0.1) is 0 Å². The maximum Gasteiger partial charge on any atom is 1.00 e. The number of hydrogen-bond acceptors (Lipinski definition) is 3. The third kappa shape index (κ3) is 10.8. The van der Waals surface area contributed by atoms with Gasteiger partial charge in [-0.05, 0) is 0 Å². The molecule has 7 heteroatoms. The zero-order valence-electron chi connectivity index (χ0n) is 4.46. The summed E-state index contributed by atoms with van der Waals surface area (Å²) < 4.78 is 28.8. The van der Waals surface area contributed by atoms with Crippen LogP contribution in [0.4, 0.5) is 0 Å². The van der Waals surface area contributed by atoms with Crippen molar-refractivity contribution in [2.45, 2.75) is 0 Å². The molecule has 0 aliphatic heterocycles. The van der Waals surface area contributed by atoms with Crippen LogP contribution in [-0.2, 0) is 14.1 Å². The van der Waals surface area contributed by atoms with Crippen LogP contribution in [0.1, 0.15) is 1.43 Å². The minimum Gasteiger partial charge on any atom is -1.00 e. The van der Waals surface area contributed by atoms with Gasteiger partial charge in [0.15, 0.2) is 0 Å². The van der Waals surface area contributed by atoms with E-state index in [2.05, 4.69) is 15.6 Å². The van der Waals surface area contributed by atoms with E-state index in [4.69, 9.17) is 4.55 Å². The predicted octanol–water partition coefficient (Wildman–Crippen LogP) is -2.92. The van der Waals surface area contributed by atoms with Gasteiger partial charge in [0.05, 0.1) is 11.9 Å². The molecule has 0 unspecified atom stereocenters. The van der Waals surface area contributed by atoms with E-state index in [-0.39, 0.29) is 20.3 Å². The Morgan fingerprint density at radius 1 is 1.71 bits per heavy atom. The fraction of sp³-hybridized carbons (Fsp3) is 0. The Balaban J connectivity index is -0.000000125. The van der Waals surface area contributed by atoms with Gasteiger partial charge in [-0.15, -0.1) is 3.74 Å². The fourth-order valence-electron chi connectivity index (χ4n) is 0. The molecule has 4 nitrogen and oxygen atoms in total. The van der Waals surface area contributed by atoms with Crippen molar-refractivity contribution in [1.29, 1.82) is 0 Å². The molecule has 0 radical (unpaired) electrons. The van der Waals surface area contributed by atoms with Crippen LogP contribution in [0.2, 0.25) is 0 Å². The maximum absolute atomic E-state index is 9.20. The SMILES string of the molecule is O=S(=O)(O)OCl.[H-].[Li+]. The first-order valence-corrected chi connectivity index (χ1v) is 2.51. The quantitative estimate of drug-likeness (QED) is 0.313. The topological polar surface area (TPSA) is 63.6 Å². The zero-order chi connectivity index (χ0) is 5.21. The van der Waals surface area contributed by atoms with Crippen LogP contribution in [0.3, 0.4) is 0 Å². The second-order valence-electron chi connectivity index (χ2n) is 0.491. The van der Waals surface area contributed by atoms with E-state index < -0.39 is 10.4 Å². The third-order valence-electron chi connectivity index (χ3n) is 0.0796. The summed E-state index contributed by atoms with van der Waals surface area (Å²) in [7, 11) is -4.40. The molecule has 0 aliphatic carbocycles. The van der Waals surface area contributed by atoms with Crippen molar-refractivity contribution in [3.8, 4) is 0 Å². The van der Waals surface area contributed by atoms with Crippen LogP contribution in [0.25, 0.3) is 0 Å². The molecule has 0 aromatic carbocycles. The molecule has 0 aromatic heterocycles. The average molecular weight is 140 g/mol. The smallest absolute Gasteiger partial charge is 1.00 e. The largest absolute Gasteiger partial charge is 1.00 e. The molecule has 40 valence electrons. The Morgan fingerprint density at radius 3 is 1.86 bits per heavy atom. The summed E-state index contributed by atoms with van der Waals surface area (Å²) in [6.07, 6.45) is 0. The van der Waals surface area contributed by atoms with Crippen molar-refractivity contribution in [1.82, 2.24) is 0 Å². The summed E-state index contributed by atoms with van der Waals surface area (Å²) in [5.74, 6) is 0. The molecule has 1 N–H and O–H groups in total. The molecule has 0 amide bonds. The maximum atomic E-state index is 9.20. The Labute approximate surface area is 59.6 Å². The number of hydrogen-bond donors (Lipinski definition) is 1. The van der Waals surface area contributed by atoms with E-state index in [1.165, 1.54) is 0 Å². The molecule has 0 aromatic rings. The molecule has 0 aliphatic rings. The van der Waals surface area contributed by atoms with Gasteiger partial charge < -0.3 is 1.43 Å². The first-order valence-electron chi connectivity index (χ1n) is 0.837. The molecule has 0 heterocycles. The van der Waals surface area contributed by atoms with Crippen LogP contribution in [0.15, 0.2) is 0 Å². The average Bonchev–Trinajstić information content (AvgIpc) is 1.35. The van der Waals surface area contributed by atoms with Crippen molar-refractivity contribution in [3.05, 3.63) is 0 Å². The van der Waals surface area contributed by atoms with Crippen LogP contribution in [0.5, 0.6) is 0 Å². The molecule has 0 saturated carbocycles. The molecule has 0 atom stereocenters. The first kappa shape index (κ1) is 10.7. The molecular weight excluding hydrogens is 138 g/mol. The van der Waals surface area contributed by atoms with E-state index in [0.29, 0.717) is 0 Å². The number of rotatable bonds is 1. The van der Waals surface area contributed by atoms with Gasteiger partial charge in [0, 0.05) is 0 Å². The van der Waals surface area contributed by atoms with Crippen molar-refractivity contribution in [2.24, 2.45) is 0 Å². The monoisotopic (exact) mass is 140 g/mol. The Hall–Kier alpha value is 0.757. The molecule has 0 fully saturated rings. The second kappa shape index (κ2) is 3.72. The van der Waals surface area contributed by atoms with Crippen LogP contribution < -0.4 is 18.9 Å². The van der Waals surface area contributed by atoms with Crippen LogP contribution in [-0.4, -0.2) is 13.0 Å². The van der Waals surface area contributed by atoms with Gasteiger partial charge in [0.1, 0.15) is 0 Å². The second-order valence-corrected chi connectivity index (χ2v) is 1.85. The van der Waals surface area contributed by atoms with Crippen molar-refractivity contribution in [2.75, 3.05) is 0 Å². The standard InChI is InChI=1S/ClHO4S.Li.H/c1-5-6(2,3)4;;/h(H,2,3,4);;/q;+1;-1. The van der Waals surface area contributed by atoms with Gasteiger partial charge in [-0.3, -0.25) is 4.55 Å². The van der Waals surface area contributed by atoms with Gasteiger partial charge in [-0.25, -0.2) is 0 Å². The Bertz CT molecular complexity index is 118. The van der Waals surface area contributed by atoms with Crippen molar-refractivity contribution >= 4 is 22.3 Å². The number of halogens is 1. The van der Waals surface area contributed by atoms with E-state index in [0.717, 1.165) is 0 Å². The van der Waals surface area contributed by atoms with E-state index >= 15 is 0 Å². The summed E-state index contributed by atoms with van der Waals surface area (Å²) in [5.41, 5.74) is 0. The van der Waals surface area contributed by atoms with Crippen molar-refractivity contribution < 1.29 is 37.0 Å². The summed E-state index contributed by atoms with van der Waals surface area (Å²) in [5, 5.41) is 0.